The number of carbonyl (C=O) groups excluding carboxylic acids is 1. The number of hydrogen-bond acceptors (Lipinski definition) is 6. The summed E-state index contributed by atoms with van der Waals surface area (Å²) in [6.07, 6.45) is 1.76. The highest BCUT2D eigenvalue weighted by atomic mass is 16.5. The molecule has 0 aliphatic carbocycles. The number of aromatic nitrogens is 1. The molecule has 7 nitrogen and oxygen atoms in total. The van der Waals surface area contributed by atoms with Crippen molar-refractivity contribution in [3.63, 3.8) is 0 Å². The second kappa shape index (κ2) is 7.13. The van der Waals surface area contributed by atoms with Crippen LogP contribution in [0.25, 0.3) is 0 Å². The first-order valence-electron chi connectivity index (χ1n) is 8.40. The fourth-order valence-corrected chi connectivity index (χ4v) is 3.08. The molecule has 7 heteroatoms. The average Bonchev–Trinajstić information content (AvgIpc) is 2.86. The maximum atomic E-state index is 12.5. The van der Waals surface area contributed by atoms with Gasteiger partial charge in [0.25, 0.3) is 0 Å². The third kappa shape index (κ3) is 4.10. The predicted octanol–water partition coefficient (Wildman–Crippen LogP) is 2.17. The van der Waals surface area contributed by atoms with Crippen molar-refractivity contribution in [1.82, 2.24) is 10.1 Å². The molecular formula is C18H22N2O5. The van der Waals surface area contributed by atoms with Gasteiger partial charge < -0.3 is 18.6 Å². The highest BCUT2D eigenvalue weighted by Crippen LogP contribution is 2.20. The molecule has 25 heavy (non-hydrogen) atoms. The van der Waals surface area contributed by atoms with Crippen LogP contribution in [-0.2, 0) is 11.2 Å². The smallest absolute Gasteiger partial charge is 0.339 e. The van der Waals surface area contributed by atoms with Gasteiger partial charge >= 0.3 is 5.63 Å². The third-order valence-corrected chi connectivity index (χ3v) is 4.47. The van der Waals surface area contributed by atoms with E-state index in [1.54, 1.807) is 13.0 Å². The molecule has 3 heterocycles. The zero-order valence-electron chi connectivity index (χ0n) is 14.7. The highest BCUT2D eigenvalue weighted by molar-refractivity contribution is 5.79. The summed E-state index contributed by atoms with van der Waals surface area (Å²) in [5.41, 5.74) is 1.22. The van der Waals surface area contributed by atoms with Crippen LogP contribution in [0.2, 0.25) is 0 Å². The van der Waals surface area contributed by atoms with Crippen molar-refractivity contribution < 1.29 is 18.5 Å². The number of carbonyl (C=O) groups is 1. The van der Waals surface area contributed by atoms with Gasteiger partial charge in [0.1, 0.15) is 23.4 Å². The lowest BCUT2D eigenvalue weighted by Crippen LogP contribution is -2.42. The van der Waals surface area contributed by atoms with Crippen molar-refractivity contribution in [2.75, 3.05) is 13.1 Å². The van der Waals surface area contributed by atoms with E-state index in [2.05, 4.69) is 5.16 Å². The number of piperidine rings is 1. The number of rotatable bonds is 4. The number of nitrogens with zero attached hydrogens (tertiary/aromatic N) is 2. The van der Waals surface area contributed by atoms with Crippen molar-refractivity contribution in [3.8, 4) is 5.75 Å². The summed E-state index contributed by atoms with van der Waals surface area (Å²) in [6.45, 7) is 6.64. The first kappa shape index (κ1) is 17.3. The SMILES string of the molecule is Cc1cc(OC2CCN(C(=O)Cc3c(C)noc3C)CC2)cc(=O)o1. The van der Waals surface area contributed by atoms with Crippen LogP contribution in [0.5, 0.6) is 5.75 Å². The largest absolute Gasteiger partial charge is 0.490 e. The summed E-state index contributed by atoms with van der Waals surface area (Å²) < 4.78 is 15.9. The quantitative estimate of drug-likeness (QED) is 0.843. The van der Waals surface area contributed by atoms with Gasteiger partial charge in [-0.1, -0.05) is 5.16 Å². The molecule has 134 valence electrons. The van der Waals surface area contributed by atoms with Crippen LogP contribution in [0.3, 0.4) is 0 Å². The number of aryl methyl sites for hydroxylation is 3. The Bertz CT molecular complexity index is 796. The van der Waals surface area contributed by atoms with Crippen LogP contribution in [0, 0.1) is 20.8 Å². The van der Waals surface area contributed by atoms with Crippen molar-refractivity contribution in [2.45, 2.75) is 46.1 Å². The van der Waals surface area contributed by atoms with Gasteiger partial charge in [-0.05, 0) is 20.8 Å². The Morgan fingerprint density at radius 3 is 2.60 bits per heavy atom. The van der Waals surface area contributed by atoms with Crippen molar-refractivity contribution in [2.24, 2.45) is 0 Å². The molecule has 3 rings (SSSR count). The molecule has 1 saturated heterocycles. The molecule has 0 saturated carbocycles. The number of hydrogen-bond donors (Lipinski definition) is 0. The first-order chi connectivity index (χ1) is 11.9. The monoisotopic (exact) mass is 346 g/mol. The predicted molar refractivity (Wildman–Crippen MR) is 89.6 cm³/mol. The van der Waals surface area contributed by atoms with Gasteiger partial charge in [-0.25, -0.2) is 4.79 Å². The zero-order chi connectivity index (χ0) is 18.0. The van der Waals surface area contributed by atoms with Crippen LogP contribution >= 0.6 is 0 Å². The summed E-state index contributed by atoms with van der Waals surface area (Å²) in [5, 5.41) is 3.89. The summed E-state index contributed by atoms with van der Waals surface area (Å²) in [7, 11) is 0. The van der Waals surface area contributed by atoms with E-state index in [1.807, 2.05) is 18.7 Å². The standard InChI is InChI=1S/C18H22N2O5/c1-11-8-15(9-18(22)23-11)24-14-4-6-20(7-5-14)17(21)10-16-12(2)19-25-13(16)3/h8-9,14H,4-7,10H2,1-3H3. The summed E-state index contributed by atoms with van der Waals surface area (Å²) >= 11 is 0. The molecule has 0 unspecified atom stereocenters. The molecule has 0 atom stereocenters. The first-order valence-corrected chi connectivity index (χ1v) is 8.40. The van der Waals surface area contributed by atoms with E-state index in [0.29, 0.717) is 36.8 Å². The minimum Gasteiger partial charge on any atom is -0.490 e. The molecule has 0 radical (unpaired) electrons. The van der Waals surface area contributed by atoms with Crippen LogP contribution in [-0.4, -0.2) is 35.2 Å². The molecule has 2 aromatic rings. The minimum atomic E-state index is -0.415. The number of ether oxygens (including phenoxy) is 1. The van der Waals surface area contributed by atoms with Gasteiger partial charge in [0, 0.05) is 37.6 Å². The van der Waals surface area contributed by atoms with Crippen LogP contribution in [0.15, 0.2) is 25.9 Å². The maximum Gasteiger partial charge on any atom is 0.339 e. The fraction of sp³-hybridized carbons (Fsp3) is 0.500. The molecule has 1 fully saturated rings. The van der Waals surface area contributed by atoms with E-state index in [1.165, 1.54) is 6.07 Å². The van der Waals surface area contributed by atoms with Gasteiger partial charge in [-0.2, -0.15) is 0 Å². The molecule has 2 aromatic heterocycles. The van der Waals surface area contributed by atoms with Gasteiger partial charge in [0.2, 0.25) is 5.91 Å². The lowest BCUT2D eigenvalue weighted by Gasteiger charge is -2.32. The van der Waals surface area contributed by atoms with E-state index < -0.39 is 5.63 Å². The van der Waals surface area contributed by atoms with Gasteiger partial charge in [0.15, 0.2) is 0 Å². The summed E-state index contributed by atoms with van der Waals surface area (Å²) in [6, 6.07) is 3.05. The number of amides is 1. The van der Waals surface area contributed by atoms with Crippen molar-refractivity contribution >= 4 is 5.91 Å². The average molecular weight is 346 g/mol. The zero-order valence-corrected chi connectivity index (χ0v) is 14.7. The van der Waals surface area contributed by atoms with Crippen LogP contribution < -0.4 is 10.4 Å². The van der Waals surface area contributed by atoms with E-state index in [9.17, 15) is 9.59 Å². The lowest BCUT2D eigenvalue weighted by molar-refractivity contribution is -0.132. The second-order valence-corrected chi connectivity index (χ2v) is 6.40. The lowest BCUT2D eigenvalue weighted by atomic mass is 10.1. The minimum absolute atomic E-state index is 0.00989. The Morgan fingerprint density at radius 2 is 2.00 bits per heavy atom. The normalized spacial score (nSPS) is 15.4. The van der Waals surface area contributed by atoms with Crippen LogP contribution in [0.1, 0.15) is 35.6 Å². The molecule has 1 amide bonds. The van der Waals surface area contributed by atoms with Crippen molar-refractivity contribution in [3.05, 3.63) is 45.3 Å². The summed E-state index contributed by atoms with van der Waals surface area (Å²) in [4.78, 5) is 25.7. The second-order valence-electron chi connectivity index (χ2n) is 6.40. The molecular weight excluding hydrogens is 324 g/mol. The molecule has 0 spiro atoms. The molecule has 0 N–H and O–H groups in total. The Morgan fingerprint density at radius 1 is 1.28 bits per heavy atom. The van der Waals surface area contributed by atoms with E-state index in [-0.39, 0.29) is 12.0 Å². The van der Waals surface area contributed by atoms with Gasteiger partial charge in [-0.3, -0.25) is 4.79 Å². The van der Waals surface area contributed by atoms with Gasteiger partial charge in [0.05, 0.1) is 18.2 Å². The van der Waals surface area contributed by atoms with Crippen LogP contribution in [0.4, 0.5) is 0 Å². The Hall–Kier alpha value is -2.57. The third-order valence-electron chi connectivity index (χ3n) is 4.47. The summed E-state index contributed by atoms with van der Waals surface area (Å²) in [5.74, 6) is 1.82. The topological polar surface area (TPSA) is 85.8 Å². The number of likely N-dealkylation sites (tertiary alicyclic amines) is 1. The fourth-order valence-electron chi connectivity index (χ4n) is 3.08. The Kier molecular flexibility index (Phi) is 4.92. The molecule has 1 aliphatic rings. The molecule has 0 aromatic carbocycles. The van der Waals surface area contributed by atoms with Crippen molar-refractivity contribution in [1.29, 1.82) is 0 Å². The highest BCUT2D eigenvalue weighted by Gasteiger charge is 2.25. The van der Waals surface area contributed by atoms with E-state index in [0.717, 1.165) is 24.1 Å². The van der Waals surface area contributed by atoms with Gasteiger partial charge in [-0.15, -0.1) is 0 Å². The molecule has 0 bridgehead atoms. The Balaban J connectivity index is 1.54. The maximum absolute atomic E-state index is 12.5. The van der Waals surface area contributed by atoms with E-state index >= 15 is 0 Å². The Labute approximate surface area is 145 Å². The van der Waals surface area contributed by atoms with E-state index in [4.69, 9.17) is 13.7 Å². The molecule has 1 aliphatic heterocycles.